The van der Waals surface area contributed by atoms with Crippen LogP contribution in [0.2, 0.25) is 0 Å². The molecule has 0 aliphatic carbocycles. The molecule has 12 heteroatoms. The molecule has 9 nitrogen and oxygen atoms in total. The fraction of sp³-hybridized carbons (Fsp3) is 0.273. The Morgan fingerprint density at radius 1 is 1.15 bits per heavy atom. The SMILES string of the molecule is N#Cc1nc(-c2ccco2)oc1N1CCN(C(=O)COC(=O)c2cccc(C(F)(F)F)c2)CC1. The van der Waals surface area contributed by atoms with Crippen molar-refractivity contribution in [1.29, 1.82) is 5.26 Å². The summed E-state index contributed by atoms with van der Waals surface area (Å²) in [6.07, 6.45) is -3.14. The topological polar surface area (TPSA) is 113 Å². The first kappa shape index (κ1) is 22.9. The van der Waals surface area contributed by atoms with Gasteiger partial charge in [-0.15, -0.1) is 0 Å². The zero-order valence-electron chi connectivity index (χ0n) is 17.5. The molecule has 3 aromatic rings. The summed E-state index contributed by atoms with van der Waals surface area (Å²) in [6.45, 7) is 0.552. The van der Waals surface area contributed by atoms with Crippen molar-refractivity contribution in [3.63, 3.8) is 0 Å². The third-order valence-corrected chi connectivity index (χ3v) is 5.12. The maximum Gasteiger partial charge on any atom is 0.416 e. The minimum absolute atomic E-state index is 0.0844. The fourth-order valence-corrected chi connectivity index (χ4v) is 3.39. The second-order valence-corrected chi connectivity index (χ2v) is 7.28. The normalized spacial score (nSPS) is 14.1. The smallest absolute Gasteiger partial charge is 0.416 e. The molecule has 1 amide bonds. The third kappa shape index (κ3) is 4.88. The minimum Gasteiger partial charge on any atom is -0.459 e. The van der Waals surface area contributed by atoms with Gasteiger partial charge in [0.25, 0.3) is 11.8 Å². The maximum atomic E-state index is 12.8. The Morgan fingerprint density at radius 3 is 2.56 bits per heavy atom. The highest BCUT2D eigenvalue weighted by Gasteiger charge is 2.31. The van der Waals surface area contributed by atoms with E-state index in [1.54, 1.807) is 17.0 Å². The summed E-state index contributed by atoms with van der Waals surface area (Å²) in [5.74, 6) is -0.717. The van der Waals surface area contributed by atoms with Crippen LogP contribution < -0.4 is 4.90 Å². The molecule has 1 fully saturated rings. The van der Waals surface area contributed by atoms with Gasteiger partial charge >= 0.3 is 12.1 Å². The standard InChI is InChI=1S/C22H17F3N4O5/c23-22(24,25)15-4-1-3-14(11-15)21(31)33-13-18(30)28-6-8-29(9-7-28)20-16(12-26)27-19(34-20)17-5-2-10-32-17/h1-5,10-11H,6-9,13H2. The van der Waals surface area contributed by atoms with Crippen LogP contribution >= 0.6 is 0 Å². The number of nitriles is 1. The quantitative estimate of drug-likeness (QED) is 0.518. The third-order valence-electron chi connectivity index (χ3n) is 5.12. The van der Waals surface area contributed by atoms with E-state index in [-0.39, 0.29) is 36.1 Å². The Bertz CT molecular complexity index is 1220. The first-order valence-electron chi connectivity index (χ1n) is 10.1. The number of furan rings is 1. The highest BCUT2D eigenvalue weighted by molar-refractivity contribution is 5.91. The van der Waals surface area contributed by atoms with Crippen molar-refractivity contribution in [1.82, 2.24) is 9.88 Å². The lowest BCUT2D eigenvalue weighted by Crippen LogP contribution is -2.50. The lowest BCUT2D eigenvalue weighted by atomic mass is 10.1. The number of amides is 1. The number of rotatable bonds is 5. The van der Waals surface area contributed by atoms with Gasteiger partial charge in [-0.1, -0.05) is 6.07 Å². The number of esters is 1. The Morgan fingerprint density at radius 2 is 1.91 bits per heavy atom. The van der Waals surface area contributed by atoms with Crippen LogP contribution in [0, 0.1) is 11.3 Å². The van der Waals surface area contributed by atoms with Crippen molar-refractivity contribution in [2.24, 2.45) is 0 Å². The van der Waals surface area contributed by atoms with Gasteiger partial charge in [-0.3, -0.25) is 4.79 Å². The fourth-order valence-electron chi connectivity index (χ4n) is 3.39. The number of nitrogens with zero attached hydrogens (tertiary/aromatic N) is 4. The van der Waals surface area contributed by atoms with Crippen LogP contribution in [-0.2, 0) is 15.7 Å². The molecule has 3 heterocycles. The number of piperazine rings is 1. The minimum atomic E-state index is -4.60. The number of benzene rings is 1. The van der Waals surface area contributed by atoms with E-state index in [2.05, 4.69) is 4.98 Å². The van der Waals surface area contributed by atoms with Crippen LogP contribution in [0.15, 0.2) is 51.5 Å². The molecule has 176 valence electrons. The predicted octanol–water partition coefficient (Wildman–Crippen LogP) is 3.33. The number of aromatic nitrogens is 1. The number of carbonyl (C=O) groups is 2. The van der Waals surface area contributed by atoms with Crippen molar-refractivity contribution >= 4 is 17.8 Å². The summed E-state index contributed by atoms with van der Waals surface area (Å²) >= 11 is 0. The number of alkyl halides is 3. The van der Waals surface area contributed by atoms with Gasteiger partial charge in [0.05, 0.1) is 17.4 Å². The van der Waals surface area contributed by atoms with Gasteiger partial charge in [0.2, 0.25) is 11.6 Å². The van der Waals surface area contributed by atoms with E-state index in [1.165, 1.54) is 17.2 Å². The molecule has 0 atom stereocenters. The van der Waals surface area contributed by atoms with Crippen LogP contribution in [0.5, 0.6) is 0 Å². The van der Waals surface area contributed by atoms with Crippen LogP contribution in [0.3, 0.4) is 0 Å². The molecule has 0 unspecified atom stereocenters. The number of oxazole rings is 1. The molecule has 2 aromatic heterocycles. The van der Waals surface area contributed by atoms with Gasteiger partial charge in [0, 0.05) is 26.2 Å². The van der Waals surface area contributed by atoms with Gasteiger partial charge in [-0.2, -0.15) is 23.4 Å². The first-order chi connectivity index (χ1) is 16.3. The molecule has 0 N–H and O–H groups in total. The molecular formula is C22H17F3N4O5. The Kier molecular flexibility index (Phi) is 6.27. The molecule has 1 saturated heterocycles. The average molecular weight is 474 g/mol. The summed E-state index contributed by atoms with van der Waals surface area (Å²) in [7, 11) is 0. The van der Waals surface area contributed by atoms with E-state index < -0.39 is 30.2 Å². The molecule has 1 aliphatic rings. The van der Waals surface area contributed by atoms with E-state index in [4.69, 9.17) is 13.6 Å². The van der Waals surface area contributed by atoms with Gasteiger partial charge in [-0.25, -0.2) is 4.79 Å². The number of hydrogen-bond donors (Lipinski definition) is 0. The number of carbonyl (C=O) groups excluding carboxylic acids is 2. The number of anilines is 1. The van der Waals surface area contributed by atoms with Gasteiger partial charge in [0.1, 0.15) is 6.07 Å². The monoisotopic (exact) mass is 474 g/mol. The molecular weight excluding hydrogens is 457 g/mol. The molecule has 0 spiro atoms. The molecule has 4 rings (SSSR count). The highest BCUT2D eigenvalue weighted by atomic mass is 19.4. The lowest BCUT2D eigenvalue weighted by Gasteiger charge is -2.34. The number of ether oxygens (including phenoxy) is 1. The van der Waals surface area contributed by atoms with Crippen molar-refractivity contribution < 1.29 is 36.3 Å². The summed E-state index contributed by atoms with van der Waals surface area (Å²) in [5, 5.41) is 9.37. The van der Waals surface area contributed by atoms with E-state index >= 15 is 0 Å². The average Bonchev–Trinajstić information content (AvgIpc) is 3.52. The molecule has 1 aromatic carbocycles. The first-order valence-corrected chi connectivity index (χ1v) is 10.1. The second kappa shape index (κ2) is 9.30. The Labute approximate surface area is 190 Å². The van der Waals surface area contributed by atoms with E-state index in [1.807, 2.05) is 6.07 Å². The highest BCUT2D eigenvalue weighted by Crippen LogP contribution is 2.30. The van der Waals surface area contributed by atoms with Crippen molar-refractivity contribution in [3.05, 3.63) is 59.5 Å². The van der Waals surface area contributed by atoms with Gasteiger partial charge < -0.3 is 23.4 Å². The molecule has 1 aliphatic heterocycles. The summed E-state index contributed by atoms with van der Waals surface area (Å²) in [6, 6.07) is 9.07. The summed E-state index contributed by atoms with van der Waals surface area (Å²) in [4.78, 5) is 31.9. The van der Waals surface area contributed by atoms with E-state index in [0.717, 1.165) is 12.1 Å². The maximum absolute atomic E-state index is 12.8. The molecule has 34 heavy (non-hydrogen) atoms. The Balaban J connectivity index is 1.32. The van der Waals surface area contributed by atoms with Crippen molar-refractivity contribution in [3.8, 4) is 17.7 Å². The number of halogens is 3. The molecule has 0 saturated carbocycles. The van der Waals surface area contributed by atoms with Crippen LogP contribution in [0.25, 0.3) is 11.7 Å². The summed E-state index contributed by atoms with van der Waals surface area (Å²) in [5.41, 5.74) is -1.20. The summed E-state index contributed by atoms with van der Waals surface area (Å²) < 4.78 is 54.3. The largest absolute Gasteiger partial charge is 0.459 e. The molecule has 0 bridgehead atoms. The van der Waals surface area contributed by atoms with Gasteiger partial charge in [-0.05, 0) is 30.3 Å². The molecule has 0 radical (unpaired) electrons. The predicted molar refractivity (Wildman–Crippen MR) is 109 cm³/mol. The zero-order valence-corrected chi connectivity index (χ0v) is 17.5. The van der Waals surface area contributed by atoms with Gasteiger partial charge in [0.15, 0.2) is 12.4 Å². The number of hydrogen-bond acceptors (Lipinski definition) is 8. The lowest BCUT2D eigenvalue weighted by molar-refractivity contribution is -0.138. The zero-order chi connectivity index (χ0) is 24.3. The van der Waals surface area contributed by atoms with Crippen molar-refractivity contribution in [2.45, 2.75) is 6.18 Å². The van der Waals surface area contributed by atoms with Crippen molar-refractivity contribution in [2.75, 3.05) is 37.7 Å². The van der Waals surface area contributed by atoms with Crippen LogP contribution in [0.4, 0.5) is 19.1 Å². The van der Waals surface area contributed by atoms with Crippen LogP contribution in [-0.4, -0.2) is 54.5 Å². The van der Waals surface area contributed by atoms with E-state index in [9.17, 15) is 28.0 Å². The van der Waals surface area contributed by atoms with Crippen LogP contribution in [0.1, 0.15) is 21.6 Å². The second-order valence-electron chi connectivity index (χ2n) is 7.28. The van der Waals surface area contributed by atoms with E-state index in [0.29, 0.717) is 24.9 Å². The Hall–Kier alpha value is -4.27.